The molecule has 5 rings (SSSR count). The number of aromatic nitrogens is 1. The standard InChI is InChI=1S/C28H17Cl2N5O4S/c29-17-8-4-15(5-9-17)12-22-27(37)34-25(32)21(14-31)23(16-6-10-18(30)11-7-16)24(28(34)40-22)26(36)33-19-2-1-3-20(13-19)35(38)39/h1-13,23H,32H2,(H,33,36)/b22-12-. The van der Waals surface area contributed by atoms with E-state index in [2.05, 4.69) is 11.4 Å². The zero-order valence-electron chi connectivity index (χ0n) is 20.3. The maximum Gasteiger partial charge on any atom is 0.274 e. The van der Waals surface area contributed by atoms with E-state index in [1.165, 1.54) is 24.3 Å². The Labute approximate surface area is 240 Å². The average Bonchev–Trinajstić information content (AvgIpc) is 3.25. The summed E-state index contributed by atoms with van der Waals surface area (Å²) in [5.74, 6) is -1.70. The van der Waals surface area contributed by atoms with Crippen molar-refractivity contribution in [3.05, 3.63) is 129 Å². The summed E-state index contributed by atoms with van der Waals surface area (Å²) < 4.78 is 1.65. The molecule has 1 aromatic heterocycles. The number of nitro benzene ring substituents is 1. The first-order valence-corrected chi connectivity index (χ1v) is 13.2. The van der Waals surface area contributed by atoms with Crippen molar-refractivity contribution in [2.45, 2.75) is 5.92 Å². The van der Waals surface area contributed by atoms with Gasteiger partial charge in [-0.25, -0.2) is 0 Å². The van der Waals surface area contributed by atoms with Crippen LogP contribution in [0.1, 0.15) is 17.0 Å². The highest BCUT2D eigenvalue weighted by Crippen LogP contribution is 2.37. The second-order valence-electron chi connectivity index (χ2n) is 8.68. The predicted octanol–water partition coefficient (Wildman–Crippen LogP) is 4.19. The smallest absolute Gasteiger partial charge is 0.274 e. The molecular weight excluding hydrogens is 573 g/mol. The lowest BCUT2D eigenvalue weighted by atomic mass is 9.83. The Hall–Kier alpha value is -4.69. The summed E-state index contributed by atoms with van der Waals surface area (Å²) in [6.45, 7) is 0. The number of nitrogens with one attached hydrogen (secondary N) is 1. The van der Waals surface area contributed by atoms with Crippen LogP contribution in [0.25, 0.3) is 17.5 Å². The molecule has 0 fully saturated rings. The highest BCUT2D eigenvalue weighted by molar-refractivity contribution is 7.07. The number of hydrogen-bond acceptors (Lipinski definition) is 7. The number of nitriles is 1. The number of fused-ring (bicyclic) bond motifs is 1. The zero-order chi connectivity index (χ0) is 28.6. The van der Waals surface area contributed by atoms with Gasteiger partial charge in [-0.15, -0.1) is 11.3 Å². The van der Waals surface area contributed by atoms with Gasteiger partial charge in [0.05, 0.1) is 32.6 Å². The van der Waals surface area contributed by atoms with Crippen molar-refractivity contribution in [1.82, 2.24) is 4.57 Å². The normalized spacial score (nSPS) is 15.0. The number of amides is 1. The Morgan fingerprint density at radius 1 is 1.10 bits per heavy atom. The van der Waals surface area contributed by atoms with Crippen LogP contribution in [0.5, 0.6) is 0 Å². The van der Waals surface area contributed by atoms with E-state index in [4.69, 9.17) is 28.9 Å². The van der Waals surface area contributed by atoms with Crippen LogP contribution in [0.3, 0.4) is 0 Å². The zero-order valence-corrected chi connectivity index (χ0v) is 22.6. The lowest BCUT2D eigenvalue weighted by Crippen LogP contribution is -2.40. The van der Waals surface area contributed by atoms with Gasteiger partial charge >= 0.3 is 0 Å². The van der Waals surface area contributed by atoms with E-state index < -0.39 is 22.3 Å². The first kappa shape index (κ1) is 26.9. The summed E-state index contributed by atoms with van der Waals surface area (Å²) in [4.78, 5) is 38.1. The highest BCUT2D eigenvalue weighted by atomic mass is 35.5. The SMILES string of the molecule is N#CC1=C(N)n2c(s/c(=C\c3ccc(Cl)cc3)c2=O)=C(C(=O)Nc2cccc([N+](=O)[O-])c2)C1c1ccc(Cl)cc1. The van der Waals surface area contributed by atoms with Gasteiger partial charge in [0.2, 0.25) is 0 Å². The van der Waals surface area contributed by atoms with Crippen molar-refractivity contribution in [3.63, 3.8) is 0 Å². The molecule has 12 heteroatoms. The van der Waals surface area contributed by atoms with Gasteiger partial charge in [-0.05, 0) is 47.5 Å². The quantitative estimate of drug-likeness (QED) is 0.264. The van der Waals surface area contributed by atoms with Crippen molar-refractivity contribution in [2.75, 3.05) is 5.32 Å². The first-order chi connectivity index (χ1) is 19.2. The van der Waals surface area contributed by atoms with Crippen LogP contribution in [-0.4, -0.2) is 15.4 Å². The van der Waals surface area contributed by atoms with Gasteiger partial charge in [0.15, 0.2) is 0 Å². The lowest BCUT2D eigenvalue weighted by Gasteiger charge is -2.25. The van der Waals surface area contributed by atoms with Crippen molar-refractivity contribution in [2.24, 2.45) is 5.73 Å². The molecule has 0 saturated carbocycles. The fraction of sp³-hybridized carbons (Fsp3) is 0.0357. The second kappa shape index (κ2) is 10.8. The summed E-state index contributed by atoms with van der Waals surface area (Å²) in [5.41, 5.74) is 7.17. The highest BCUT2D eigenvalue weighted by Gasteiger charge is 2.35. The average molecular weight is 590 g/mol. The summed E-state index contributed by atoms with van der Waals surface area (Å²) in [6.07, 6.45) is 1.64. The number of rotatable bonds is 5. The molecule has 1 aliphatic rings. The fourth-order valence-electron chi connectivity index (χ4n) is 4.36. The molecule has 0 aliphatic carbocycles. The third-order valence-corrected chi connectivity index (χ3v) is 7.81. The molecule has 40 heavy (non-hydrogen) atoms. The molecule has 3 N–H and O–H groups in total. The van der Waals surface area contributed by atoms with Gasteiger partial charge in [-0.3, -0.25) is 24.3 Å². The summed E-state index contributed by atoms with van der Waals surface area (Å²) in [6, 6.07) is 20.9. The molecule has 2 heterocycles. The molecule has 0 saturated heterocycles. The monoisotopic (exact) mass is 589 g/mol. The van der Waals surface area contributed by atoms with Crippen LogP contribution in [0.2, 0.25) is 10.0 Å². The Kier molecular flexibility index (Phi) is 7.28. The van der Waals surface area contributed by atoms with Crippen LogP contribution in [0.15, 0.2) is 83.2 Å². The Bertz CT molecular complexity index is 1940. The maximum atomic E-state index is 13.9. The largest absolute Gasteiger partial charge is 0.384 e. The fourth-order valence-corrected chi connectivity index (χ4v) is 5.79. The van der Waals surface area contributed by atoms with Gasteiger partial charge in [0.1, 0.15) is 10.5 Å². The molecular formula is C28H17Cl2N5O4S. The molecule has 0 spiro atoms. The van der Waals surface area contributed by atoms with Crippen LogP contribution in [0.4, 0.5) is 11.4 Å². The molecule has 0 radical (unpaired) electrons. The van der Waals surface area contributed by atoms with E-state index in [0.717, 1.165) is 15.9 Å². The lowest BCUT2D eigenvalue weighted by molar-refractivity contribution is -0.384. The molecule has 1 amide bonds. The molecule has 0 bridgehead atoms. The van der Waals surface area contributed by atoms with Crippen molar-refractivity contribution in [1.29, 1.82) is 5.26 Å². The van der Waals surface area contributed by atoms with Gasteiger partial charge in [-0.2, -0.15) is 5.26 Å². The number of allylic oxidation sites excluding steroid dienone is 1. The number of nitrogens with zero attached hydrogens (tertiary/aromatic N) is 3. The molecule has 1 unspecified atom stereocenters. The van der Waals surface area contributed by atoms with Gasteiger partial charge in [-0.1, -0.05) is 53.5 Å². The first-order valence-electron chi connectivity index (χ1n) is 11.6. The van der Waals surface area contributed by atoms with E-state index in [9.17, 15) is 25.0 Å². The number of anilines is 1. The summed E-state index contributed by atoms with van der Waals surface area (Å²) in [5, 5.41) is 25.1. The number of carbonyl (C=O) groups is 1. The number of thiazole rings is 1. The Morgan fingerprint density at radius 3 is 2.38 bits per heavy atom. The maximum absolute atomic E-state index is 13.9. The van der Waals surface area contributed by atoms with Gasteiger partial charge in [0.25, 0.3) is 17.2 Å². The minimum absolute atomic E-state index is 0.00282. The van der Waals surface area contributed by atoms with Crippen LogP contribution in [-0.2, 0) is 4.79 Å². The number of nitro groups is 1. The number of non-ortho nitro benzene ring substituents is 1. The minimum Gasteiger partial charge on any atom is -0.384 e. The number of halogens is 2. The third kappa shape index (κ3) is 5.01. The molecule has 1 atom stereocenters. The second-order valence-corrected chi connectivity index (χ2v) is 10.6. The molecule has 1 aliphatic heterocycles. The van der Waals surface area contributed by atoms with Crippen molar-refractivity contribution < 1.29 is 9.72 Å². The molecule has 9 nitrogen and oxygen atoms in total. The van der Waals surface area contributed by atoms with E-state index in [-0.39, 0.29) is 37.5 Å². The van der Waals surface area contributed by atoms with E-state index >= 15 is 0 Å². The third-order valence-electron chi connectivity index (χ3n) is 6.20. The number of nitrogens with two attached hydrogens (primary N) is 1. The van der Waals surface area contributed by atoms with Crippen LogP contribution >= 0.6 is 34.5 Å². The number of benzene rings is 3. The van der Waals surface area contributed by atoms with Gasteiger partial charge < -0.3 is 11.1 Å². The van der Waals surface area contributed by atoms with E-state index in [0.29, 0.717) is 21.2 Å². The summed E-state index contributed by atoms with van der Waals surface area (Å²) in [7, 11) is 0. The number of carbonyl (C=O) groups excluding carboxylic acids is 1. The molecule has 198 valence electrons. The topological polar surface area (TPSA) is 144 Å². The molecule has 3 aromatic carbocycles. The Balaban J connectivity index is 1.78. The molecule has 4 aromatic rings. The van der Waals surface area contributed by atoms with E-state index in [1.807, 2.05) is 0 Å². The Morgan fingerprint density at radius 2 is 1.75 bits per heavy atom. The van der Waals surface area contributed by atoms with Crippen molar-refractivity contribution in [3.8, 4) is 6.07 Å². The minimum atomic E-state index is -0.942. The van der Waals surface area contributed by atoms with E-state index in [1.54, 1.807) is 54.6 Å². The predicted molar refractivity (Wildman–Crippen MR) is 155 cm³/mol. The number of hydrogen-bond donors (Lipinski definition) is 2. The summed E-state index contributed by atoms with van der Waals surface area (Å²) >= 11 is 13.1. The van der Waals surface area contributed by atoms with Crippen LogP contribution in [0, 0.1) is 21.4 Å². The van der Waals surface area contributed by atoms with Crippen molar-refractivity contribution >= 4 is 69.3 Å². The van der Waals surface area contributed by atoms with Crippen LogP contribution < -0.4 is 25.8 Å². The van der Waals surface area contributed by atoms with Gasteiger partial charge in [0, 0.05) is 27.9 Å².